The van der Waals surface area contributed by atoms with Gasteiger partial charge in [-0.1, -0.05) is 48.5 Å². The highest BCUT2D eigenvalue weighted by Gasteiger charge is 2.88. The second kappa shape index (κ2) is 6.29. The fourth-order valence-electron chi connectivity index (χ4n) is 6.69. The fourth-order valence-corrected chi connectivity index (χ4v) is 6.69. The zero-order chi connectivity index (χ0) is 22.3. The van der Waals surface area contributed by atoms with E-state index in [4.69, 9.17) is 9.47 Å². The van der Waals surface area contributed by atoms with E-state index in [1.165, 1.54) is 0 Å². The summed E-state index contributed by atoms with van der Waals surface area (Å²) in [4.78, 5) is 42.9. The molecular formula is C26H25NO5. The molecule has 1 saturated carbocycles. The summed E-state index contributed by atoms with van der Waals surface area (Å²) in [5, 5.41) is 0. The Morgan fingerprint density at radius 3 is 2.47 bits per heavy atom. The van der Waals surface area contributed by atoms with E-state index >= 15 is 0 Å². The Balaban J connectivity index is 1.57. The van der Waals surface area contributed by atoms with Crippen LogP contribution in [0.4, 0.5) is 5.69 Å². The van der Waals surface area contributed by atoms with Crippen molar-refractivity contribution in [3.05, 3.63) is 65.7 Å². The number of Topliss-reactive ketones (excluding diaryl/α,β-unsaturated/α-hetero) is 1. The molecule has 3 aliphatic heterocycles. The van der Waals surface area contributed by atoms with Gasteiger partial charge in [0.25, 0.3) is 0 Å². The van der Waals surface area contributed by atoms with Crippen molar-refractivity contribution >= 4 is 23.3 Å². The van der Waals surface area contributed by atoms with Crippen LogP contribution in [-0.4, -0.2) is 36.0 Å². The molecule has 3 fully saturated rings. The summed E-state index contributed by atoms with van der Waals surface area (Å²) in [7, 11) is 0. The van der Waals surface area contributed by atoms with Gasteiger partial charge in [-0.25, -0.2) is 0 Å². The molecule has 3 heterocycles. The van der Waals surface area contributed by atoms with Crippen molar-refractivity contribution in [1.82, 2.24) is 0 Å². The lowest BCUT2D eigenvalue weighted by Crippen LogP contribution is -2.65. The normalized spacial score (nSPS) is 33.2. The van der Waals surface area contributed by atoms with Crippen LogP contribution in [0.15, 0.2) is 54.6 Å². The number of rotatable bonds is 4. The predicted octanol–water partition coefficient (Wildman–Crippen LogP) is 3.17. The van der Waals surface area contributed by atoms with Crippen LogP contribution in [0.3, 0.4) is 0 Å². The number of hydrogen-bond acceptors (Lipinski definition) is 5. The summed E-state index contributed by atoms with van der Waals surface area (Å²) < 4.78 is 11.8. The minimum Gasteiger partial charge on any atom is -0.466 e. The highest BCUT2D eigenvalue weighted by atomic mass is 16.6. The maximum Gasteiger partial charge on any atom is 0.313 e. The first-order chi connectivity index (χ1) is 15.4. The minimum absolute atomic E-state index is 0.0459. The summed E-state index contributed by atoms with van der Waals surface area (Å²) in [5.41, 5.74) is -0.533. The van der Waals surface area contributed by atoms with Gasteiger partial charge in [0.15, 0.2) is 5.78 Å². The van der Waals surface area contributed by atoms with E-state index in [0.717, 1.165) is 16.8 Å². The van der Waals surface area contributed by atoms with Crippen LogP contribution < -0.4 is 4.90 Å². The molecule has 6 nitrogen and oxygen atoms in total. The average Bonchev–Trinajstić information content (AvgIpc) is 3.47. The van der Waals surface area contributed by atoms with Crippen molar-refractivity contribution in [2.24, 2.45) is 11.3 Å². The lowest BCUT2D eigenvalue weighted by molar-refractivity contribution is -0.158. The first-order valence-electron chi connectivity index (χ1n) is 11.3. The fraction of sp³-hybridized carbons (Fsp3) is 0.423. The molecule has 2 spiro atoms. The zero-order valence-electron chi connectivity index (χ0n) is 18.2. The number of amides is 1. The molecule has 1 amide bonds. The summed E-state index contributed by atoms with van der Waals surface area (Å²) in [5.74, 6) is -1.74. The third kappa shape index (κ3) is 2.02. The van der Waals surface area contributed by atoms with E-state index < -0.39 is 34.4 Å². The third-order valence-electron chi connectivity index (χ3n) is 8.20. The number of carbonyl (C=O) groups excluding carboxylic acids is 3. The van der Waals surface area contributed by atoms with Crippen molar-refractivity contribution in [1.29, 1.82) is 0 Å². The van der Waals surface area contributed by atoms with Gasteiger partial charge in [-0.3, -0.25) is 14.4 Å². The first kappa shape index (κ1) is 19.7. The number of anilines is 1. The number of para-hydroxylation sites is 1. The Kier molecular flexibility index (Phi) is 3.87. The summed E-state index contributed by atoms with van der Waals surface area (Å²) in [6.07, 6.45) is 0.421. The maximum absolute atomic E-state index is 14.5. The molecule has 0 unspecified atom stereocenters. The van der Waals surface area contributed by atoms with Crippen molar-refractivity contribution < 1.29 is 23.9 Å². The number of benzene rings is 2. The number of ether oxygens (including phenoxy) is 2. The van der Waals surface area contributed by atoms with Gasteiger partial charge in [0, 0.05) is 5.69 Å². The van der Waals surface area contributed by atoms with E-state index in [1.54, 1.807) is 11.8 Å². The van der Waals surface area contributed by atoms with Crippen LogP contribution in [0, 0.1) is 11.3 Å². The van der Waals surface area contributed by atoms with E-state index in [0.29, 0.717) is 19.4 Å². The van der Waals surface area contributed by atoms with Gasteiger partial charge >= 0.3 is 5.97 Å². The van der Waals surface area contributed by atoms with Crippen LogP contribution in [0.1, 0.15) is 37.8 Å². The molecule has 1 aliphatic carbocycles. The molecule has 32 heavy (non-hydrogen) atoms. The van der Waals surface area contributed by atoms with Gasteiger partial charge in [0.05, 0.1) is 24.2 Å². The average molecular weight is 431 g/mol. The number of nitrogens with zero attached hydrogens (tertiary/aromatic N) is 1. The molecule has 0 radical (unpaired) electrons. The van der Waals surface area contributed by atoms with Crippen molar-refractivity contribution in [3.63, 3.8) is 0 Å². The Bertz CT molecular complexity index is 1160. The van der Waals surface area contributed by atoms with Crippen LogP contribution in [0.5, 0.6) is 0 Å². The number of fused-ring (bicyclic) bond motifs is 6. The van der Waals surface area contributed by atoms with Gasteiger partial charge < -0.3 is 14.4 Å². The Hall–Kier alpha value is -2.99. The maximum atomic E-state index is 14.5. The van der Waals surface area contributed by atoms with E-state index in [1.807, 2.05) is 61.5 Å². The molecule has 2 saturated heterocycles. The number of carbonyl (C=O) groups is 3. The molecule has 2 aromatic rings. The monoisotopic (exact) mass is 431 g/mol. The molecule has 4 aliphatic rings. The Labute approximate surface area is 186 Å². The zero-order valence-corrected chi connectivity index (χ0v) is 18.2. The molecule has 164 valence electrons. The van der Waals surface area contributed by atoms with Gasteiger partial charge in [-0.2, -0.15) is 0 Å². The highest BCUT2D eigenvalue weighted by molar-refractivity contribution is 6.16. The third-order valence-corrected chi connectivity index (χ3v) is 8.20. The standard InChI is InChI=1S/C26H25NO5/c1-3-31-22(29)19-20-21(28)25(13-14-25)24(2,32-20)26(19)17-11-7-8-12-18(17)27(23(26)30)15-16-9-5-4-6-10-16/h4-12,19-20H,3,13-15H2,1-2H3/t19-,20+,24+,26+/m0/s1. The molecule has 0 N–H and O–H groups in total. The lowest BCUT2D eigenvalue weighted by atomic mass is 9.52. The van der Waals surface area contributed by atoms with Gasteiger partial charge in [0.2, 0.25) is 5.91 Å². The molecule has 2 bridgehead atoms. The highest BCUT2D eigenvalue weighted by Crippen LogP contribution is 2.76. The topological polar surface area (TPSA) is 72.9 Å². The molecule has 0 aromatic heterocycles. The van der Waals surface area contributed by atoms with Crippen molar-refractivity contribution in [3.8, 4) is 0 Å². The molecule has 6 heteroatoms. The van der Waals surface area contributed by atoms with Crippen LogP contribution in [0.2, 0.25) is 0 Å². The number of ketones is 1. The van der Waals surface area contributed by atoms with Crippen molar-refractivity contribution in [2.45, 2.75) is 50.4 Å². The quantitative estimate of drug-likeness (QED) is 0.696. The van der Waals surface area contributed by atoms with Crippen LogP contribution in [0.25, 0.3) is 0 Å². The van der Waals surface area contributed by atoms with E-state index in [-0.39, 0.29) is 18.3 Å². The molecule has 2 aromatic carbocycles. The SMILES string of the molecule is CCOC(=O)[C@@H]1[C@H]2O[C@](C)(C3(CC3)C2=O)[C@@]12C(=O)N(Cc1ccccc1)c1ccccc12. The lowest BCUT2D eigenvalue weighted by Gasteiger charge is -2.45. The second-order valence-corrected chi connectivity index (χ2v) is 9.45. The van der Waals surface area contributed by atoms with Gasteiger partial charge in [0.1, 0.15) is 17.4 Å². The van der Waals surface area contributed by atoms with Gasteiger partial charge in [-0.15, -0.1) is 0 Å². The predicted molar refractivity (Wildman–Crippen MR) is 116 cm³/mol. The van der Waals surface area contributed by atoms with Crippen molar-refractivity contribution in [2.75, 3.05) is 11.5 Å². The Morgan fingerprint density at radius 1 is 1.09 bits per heavy atom. The molecular weight excluding hydrogens is 406 g/mol. The number of esters is 1. The first-order valence-corrected chi connectivity index (χ1v) is 11.3. The smallest absolute Gasteiger partial charge is 0.313 e. The molecule has 4 atom stereocenters. The summed E-state index contributed by atoms with van der Waals surface area (Å²) in [6.45, 7) is 4.17. The summed E-state index contributed by atoms with van der Waals surface area (Å²) in [6, 6.07) is 17.4. The van der Waals surface area contributed by atoms with E-state index in [9.17, 15) is 14.4 Å². The Morgan fingerprint density at radius 2 is 1.78 bits per heavy atom. The number of hydrogen-bond donors (Lipinski definition) is 0. The minimum atomic E-state index is -1.28. The van der Waals surface area contributed by atoms with Crippen LogP contribution >= 0.6 is 0 Å². The van der Waals surface area contributed by atoms with Crippen LogP contribution in [-0.2, 0) is 35.8 Å². The largest absolute Gasteiger partial charge is 0.466 e. The summed E-state index contributed by atoms with van der Waals surface area (Å²) >= 11 is 0. The van der Waals surface area contributed by atoms with Gasteiger partial charge in [-0.05, 0) is 43.9 Å². The van der Waals surface area contributed by atoms with E-state index in [2.05, 4.69) is 0 Å². The second-order valence-electron chi connectivity index (χ2n) is 9.45. The molecule has 6 rings (SSSR count).